The Morgan fingerprint density at radius 1 is 1.22 bits per heavy atom. The lowest BCUT2D eigenvalue weighted by atomic mass is 10.0. The summed E-state index contributed by atoms with van der Waals surface area (Å²) in [5.74, 6) is 0.456. The first-order chi connectivity index (χ1) is 8.60. The van der Waals surface area contributed by atoms with Gasteiger partial charge in [-0.25, -0.2) is 0 Å². The van der Waals surface area contributed by atoms with Crippen LogP contribution in [0.1, 0.15) is 44.5 Å². The molecule has 0 aromatic heterocycles. The van der Waals surface area contributed by atoms with E-state index in [4.69, 9.17) is 0 Å². The number of anilines is 1. The molecule has 0 saturated heterocycles. The largest absolute Gasteiger partial charge is 0.385 e. The molecule has 3 heteroatoms. The van der Waals surface area contributed by atoms with Crippen LogP contribution in [0.25, 0.3) is 0 Å². The van der Waals surface area contributed by atoms with E-state index in [1.807, 2.05) is 31.2 Å². The maximum Gasteiger partial charge on any atom is 0.253 e. The summed E-state index contributed by atoms with van der Waals surface area (Å²) in [6.07, 6.45) is 0.951. The van der Waals surface area contributed by atoms with E-state index in [0.717, 1.165) is 24.2 Å². The Morgan fingerprint density at radius 2 is 1.89 bits per heavy atom. The van der Waals surface area contributed by atoms with Gasteiger partial charge in [0.05, 0.1) is 5.56 Å². The van der Waals surface area contributed by atoms with Crippen molar-refractivity contribution in [1.82, 2.24) is 5.32 Å². The molecule has 0 aliphatic rings. The van der Waals surface area contributed by atoms with Crippen molar-refractivity contribution in [3.8, 4) is 0 Å². The Morgan fingerprint density at radius 3 is 2.44 bits per heavy atom. The quantitative estimate of drug-likeness (QED) is 0.811. The molecule has 1 aromatic carbocycles. The normalized spacial score (nSPS) is 12.3. The molecule has 2 N–H and O–H groups in total. The molecule has 0 aliphatic carbocycles. The first-order valence-corrected chi connectivity index (χ1v) is 6.73. The molecule has 1 rings (SSSR count). The fourth-order valence-electron chi connectivity index (χ4n) is 2.01. The zero-order chi connectivity index (χ0) is 13.5. The Hall–Kier alpha value is -1.51. The maximum absolute atomic E-state index is 12.3. The lowest BCUT2D eigenvalue weighted by Crippen LogP contribution is -2.38. The van der Waals surface area contributed by atoms with Gasteiger partial charge in [0.2, 0.25) is 0 Å². The summed E-state index contributed by atoms with van der Waals surface area (Å²) in [6.45, 7) is 9.19. The van der Waals surface area contributed by atoms with E-state index < -0.39 is 0 Å². The number of benzene rings is 1. The fourth-order valence-corrected chi connectivity index (χ4v) is 2.01. The molecule has 18 heavy (non-hydrogen) atoms. The molecular formula is C15H24N2O. The van der Waals surface area contributed by atoms with Crippen molar-refractivity contribution in [3.63, 3.8) is 0 Å². The van der Waals surface area contributed by atoms with E-state index in [1.54, 1.807) is 0 Å². The molecule has 1 unspecified atom stereocenters. The van der Waals surface area contributed by atoms with Gasteiger partial charge in [-0.05, 0) is 31.4 Å². The SMILES string of the molecule is CCNc1ccccc1C(=O)NC(CC)C(C)C. The van der Waals surface area contributed by atoms with E-state index in [0.29, 0.717) is 5.92 Å². The number of hydrogen-bond donors (Lipinski definition) is 2. The van der Waals surface area contributed by atoms with Gasteiger partial charge in [-0.1, -0.05) is 32.9 Å². The Labute approximate surface area is 110 Å². The number of amides is 1. The van der Waals surface area contributed by atoms with Crippen LogP contribution in [0.5, 0.6) is 0 Å². The number of carbonyl (C=O) groups excluding carboxylic acids is 1. The lowest BCUT2D eigenvalue weighted by Gasteiger charge is -2.21. The molecule has 0 fully saturated rings. The van der Waals surface area contributed by atoms with Gasteiger partial charge in [-0.2, -0.15) is 0 Å². The van der Waals surface area contributed by atoms with Gasteiger partial charge in [0, 0.05) is 18.3 Å². The summed E-state index contributed by atoms with van der Waals surface area (Å²) in [5.41, 5.74) is 1.62. The van der Waals surface area contributed by atoms with Crippen LogP contribution in [0, 0.1) is 5.92 Å². The van der Waals surface area contributed by atoms with Crippen molar-refractivity contribution in [2.45, 2.75) is 40.2 Å². The van der Waals surface area contributed by atoms with Crippen LogP contribution in [0.15, 0.2) is 24.3 Å². The predicted octanol–water partition coefficient (Wildman–Crippen LogP) is 3.28. The molecule has 0 aliphatic heterocycles. The number of nitrogens with one attached hydrogen (secondary N) is 2. The molecule has 1 amide bonds. The number of para-hydroxylation sites is 1. The highest BCUT2D eigenvalue weighted by Gasteiger charge is 2.17. The highest BCUT2D eigenvalue weighted by atomic mass is 16.1. The smallest absolute Gasteiger partial charge is 0.253 e. The standard InChI is InChI=1S/C15H24N2O/c1-5-13(11(3)4)17-15(18)12-9-7-8-10-14(12)16-6-2/h7-11,13,16H,5-6H2,1-4H3,(H,17,18). The highest BCUT2D eigenvalue weighted by molar-refractivity contribution is 5.99. The molecule has 0 bridgehead atoms. The number of hydrogen-bond acceptors (Lipinski definition) is 2. The molecular weight excluding hydrogens is 224 g/mol. The predicted molar refractivity (Wildman–Crippen MR) is 77.0 cm³/mol. The summed E-state index contributed by atoms with van der Waals surface area (Å²) < 4.78 is 0. The second-order valence-corrected chi connectivity index (χ2v) is 4.81. The Kier molecular flexibility index (Phi) is 5.69. The third kappa shape index (κ3) is 3.76. The van der Waals surface area contributed by atoms with Gasteiger partial charge in [0.25, 0.3) is 5.91 Å². The van der Waals surface area contributed by atoms with Crippen LogP contribution in [-0.4, -0.2) is 18.5 Å². The van der Waals surface area contributed by atoms with E-state index >= 15 is 0 Å². The van der Waals surface area contributed by atoms with Crippen molar-refractivity contribution in [2.24, 2.45) is 5.92 Å². The molecule has 0 heterocycles. The summed E-state index contributed by atoms with van der Waals surface area (Å²) in [6, 6.07) is 7.86. The lowest BCUT2D eigenvalue weighted by molar-refractivity contribution is 0.0925. The number of carbonyl (C=O) groups is 1. The molecule has 1 aromatic rings. The van der Waals surface area contributed by atoms with Crippen LogP contribution in [0.4, 0.5) is 5.69 Å². The first kappa shape index (κ1) is 14.6. The molecule has 100 valence electrons. The molecule has 0 radical (unpaired) electrons. The minimum Gasteiger partial charge on any atom is -0.385 e. The van der Waals surface area contributed by atoms with Crippen LogP contribution >= 0.6 is 0 Å². The molecule has 0 saturated carbocycles. The third-order valence-electron chi connectivity index (χ3n) is 3.10. The second kappa shape index (κ2) is 7.04. The third-order valence-corrected chi connectivity index (χ3v) is 3.10. The average molecular weight is 248 g/mol. The zero-order valence-corrected chi connectivity index (χ0v) is 11.8. The first-order valence-electron chi connectivity index (χ1n) is 6.73. The monoisotopic (exact) mass is 248 g/mol. The highest BCUT2D eigenvalue weighted by Crippen LogP contribution is 2.16. The van der Waals surface area contributed by atoms with Crippen molar-refractivity contribution in [3.05, 3.63) is 29.8 Å². The van der Waals surface area contributed by atoms with Gasteiger partial charge in [-0.15, -0.1) is 0 Å². The summed E-state index contributed by atoms with van der Waals surface area (Å²) >= 11 is 0. The van der Waals surface area contributed by atoms with Gasteiger partial charge in [-0.3, -0.25) is 4.79 Å². The van der Waals surface area contributed by atoms with Gasteiger partial charge < -0.3 is 10.6 Å². The topological polar surface area (TPSA) is 41.1 Å². The Bertz CT molecular complexity index is 388. The molecule has 3 nitrogen and oxygen atoms in total. The number of rotatable bonds is 6. The van der Waals surface area contributed by atoms with Gasteiger partial charge in [0.1, 0.15) is 0 Å². The Balaban J connectivity index is 2.83. The molecule has 1 atom stereocenters. The minimum atomic E-state index is 0.00657. The van der Waals surface area contributed by atoms with Crippen LogP contribution < -0.4 is 10.6 Å². The molecule has 0 spiro atoms. The van der Waals surface area contributed by atoms with E-state index in [1.165, 1.54) is 0 Å². The maximum atomic E-state index is 12.3. The minimum absolute atomic E-state index is 0.00657. The van der Waals surface area contributed by atoms with E-state index in [9.17, 15) is 4.79 Å². The second-order valence-electron chi connectivity index (χ2n) is 4.81. The van der Waals surface area contributed by atoms with E-state index in [-0.39, 0.29) is 11.9 Å². The van der Waals surface area contributed by atoms with Crippen molar-refractivity contribution < 1.29 is 4.79 Å². The van der Waals surface area contributed by atoms with Crippen molar-refractivity contribution in [2.75, 3.05) is 11.9 Å². The van der Waals surface area contributed by atoms with Crippen molar-refractivity contribution >= 4 is 11.6 Å². The van der Waals surface area contributed by atoms with Crippen LogP contribution in [0.3, 0.4) is 0 Å². The van der Waals surface area contributed by atoms with Gasteiger partial charge >= 0.3 is 0 Å². The average Bonchev–Trinajstić information content (AvgIpc) is 2.36. The summed E-state index contributed by atoms with van der Waals surface area (Å²) in [4.78, 5) is 12.3. The van der Waals surface area contributed by atoms with Crippen LogP contribution in [-0.2, 0) is 0 Å². The van der Waals surface area contributed by atoms with Gasteiger partial charge in [0.15, 0.2) is 0 Å². The van der Waals surface area contributed by atoms with Crippen molar-refractivity contribution in [1.29, 1.82) is 0 Å². The summed E-state index contributed by atoms with van der Waals surface area (Å²) in [7, 11) is 0. The van der Waals surface area contributed by atoms with E-state index in [2.05, 4.69) is 31.4 Å². The summed E-state index contributed by atoms with van der Waals surface area (Å²) in [5, 5.41) is 6.32. The van der Waals surface area contributed by atoms with Crippen LogP contribution in [0.2, 0.25) is 0 Å². The fraction of sp³-hybridized carbons (Fsp3) is 0.533. The zero-order valence-electron chi connectivity index (χ0n) is 11.8.